The standard InChI is InChI=1S/C19H19N3O6/c1-26-14-4-3-12(16(8-14)27-2)10-21-18(23)15-7-13(22(24)25)9-20-17(15)28-11-19(21)5-6-19/h3-4,7-9H,5-6,10-11H2,1-2H3. The summed E-state index contributed by atoms with van der Waals surface area (Å²) < 4.78 is 16.4. The van der Waals surface area contributed by atoms with Crippen LogP contribution in [0.2, 0.25) is 0 Å². The molecule has 1 amide bonds. The van der Waals surface area contributed by atoms with E-state index in [1.54, 1.807) is 31.3 Å². The molecule has 1 saturated carbocycles. The maximum atomic E-state index is 13.3. The lowest BCUT2D eigenvalue weighted by Gasteiger charge is -2.30. The van der Waals surface area contributed by atoms with Crippen molar-refractivity contribution in [1.29, 1.82) is 0 Å². The van der Waals surface area contributed by atoms with Crippen molar-refractivity contribution in [2.45, 2.75) is 24.9 Å². The van der Waals surface area contributed by atoms with Crippen molar-refractivity contribution >= 4 is 11.6 Å². The third kappa shape index (κ3) is 2.98. The fraction of sp³-hybridized carbons (Fsp3) is 0.368. The second-order valence-corrected chi connectivity index (χ2v) is 6.89. The number of methoxy groups -OCH3 is 2. The molecule has 2 aliphatic rings. The average molecular weight is 385 g/mol. The van der Waals surface area contributed by atoms with Gasteiger partial charge in [0.25, 0.3) is 11.6 Å². The maximum absolute atomic E-state index is 13.3. The molecule has 4 rings (SSSR count). The van der Waals surface area contributed by atoms with Gasteiger partial charge in [0.1, 0.15) is 29.9 Å². The van der Waals surface area contributed by atoms with Crippen LogP contribution in [-0.2, 0) is 6.54 Å². The van der Waals surface area contributed by atoms with Crippen LogP contribution in [0.25, 0.3) is 0 Å². The van der Waals surface area contributed by atoms with Gasteiger partial charge in [0.15, 0.2) is 0 Å². The van der Waals surface area contributed by atoms with Gasteiger partial charge in [-0.05, 0) is 25.0 Å². The summed E-state index contributed by atoms with van der Waals surface area (Å²) in [5, 5.41) is 11.1. The summed E-state index contributed by atoms with van der Waals surface area (Å²) >= 11 is 0. The minimum Gasteiger partial charge on any atom is -0.497 e. The van der Waals surface area contributed by atoms with Crippen molar-refractivity contribution in [1.82, 2.24) is 9.88 Å². The van der Waals surface area contributed by atoms with Crippen LogP contribution >= 0.6 is 0 Å². The van der Waals surface area contributed by atoms with Crippen LogP contribution in [-0.4, -0.2) is 47.1 Å². The number of nitrogens with zero attached hydrogens (tertiary/aromatic N) is 3. The van der Waals surface area contributed by atoms with E-state index >= 15 is 0 Å². The van der Waals surface area contributed by atoms with Crippen LogP contribution < -0.4 is 14.2 Å². The highest BCUT2D eigenvalue weighted by Gasteiger charge is 2.53. The monoisotopic (exact) mass is 385 g/mol. The van der Waals surface area contributed by atoms with Gasteiger partial charge in [0.05, 0.1) is 31.2 Å². The Labute approximate surface area is 161 Å². The molecule has 1 aliphatic heterocycles. The minimum absolute atomic E-state index is 0.102. The molecule has 28 heavy (non-hydrogen) atoms. The van der Waals surface area contributed by atoms with Crippen LogP contribution in [0.1, 0.15) is 28.8 Å². The van der Waals surface area contributed by atoms with Gasteiger partial charge < -0.3 is 19.1 Å². The van der Waals surface area contributed by atoms with E-state index in [1.807, 2.05) is 6.07 Å². The highest BCUT2D eigenvalue weighted by molar-refractivity contribution is 5.98. The smallest absolute Gasteiger partial charge is 0.288 e. The van der Waals surface area contributed by atoms with E-state index in [0.29, 0.717) is 18.1 Å². The minimum atomic E-state index is -0.574. The van der Waals surface area contributed by atoms with E-state index in [2.05, 4.69) is 4.98 Å². The number of carbonyl (C=O) groups is 1. The summed E-state index contributed by atoms with van der Waals surface area (Å²) in [6.45, 7) is 0.590. The fourth-order valence-electron chi connectivity index (χ4n) is 3.40. The summed E-state index contributed by atoms with van der Waals surface area (Å²) in [6.07, 6.45) is 2.70. The lowest BCUT2D eigenvalue weighted by atomic mass is 10.1. The maximum Gasteiger partial charge on any atom is 0.288 e. The molecular weight excluding hydrogens is 366 g/mol. The third-order valence-electron chi connectivity index (χ3n) is 5.22. The summed E-state index contributed by atoms with van der Waals surface area (Å²) in [5.41, 5.74) is 0.233. The first-order valence-electron chi connectivity index (χ1n) is 8.77. The Morgan fingerprint density at radius 1 is 1.29 bits per heavy atom. The Balaban J connectivity index is 1.72. The molecule has 146 valence electrons. The number of nitro groups is 1. The Morgan fingerprint density at radius 2 is 2.07 bits per heavy atom. The predicted octanol–water partition coefficient (Wildman–Crippen LogP) is 2.57. The Bertz CT molecular complexity index is 957. The summed E-state index contributed by atoms with van der Waals surface area (Å²) in [4.78, 5) is 29.6. The molecule has 2 aromatic rings. The molecule has 0 saturated heterocycles. The number of amides is 1. The van der Waals surface area contributed by atoms with Crippen molar-refractivity contribution in [2.75, 3.05) is 20.8 Å². The van der Waals surface area contributed by atoms with Gasteiger partial charge in [-0.15, -0.1) is 0 Å². The van der Waals surface area contributed by atoms with Gasteiger partial charge >= 0.3 is 0 Å². The lowest BCUT2D eigenvalue weighted by molar-refractivity contribution is -0.385. The van der Waals surface area contributed by atoms with Gasteiger partial charge in [-0.25, -0.2) is 4.98 Å². The first-order valence-corrected chi connectivity index (χ1v) is 8.77. The van der Waals surface area contributed by atoms with Gasteiger partial charge in [-0.1, -0.05) is 0 Å². The molecule has 2 heterocycles. The van der Waals surface area contributed by atoms with E-state index in [9.17, 15) is 14.9 Å². The van der Waals surface area contributed by atoms with Gasteiger partial charge in [-0.2, -0.15) is 0 Å². The van der Waals surface area contributed by atoms with Crippen molar-refractivity contribution in [2.24, 2.45) is 0 Å². The number of carbonyl (C=O) groups excluding carboxylic acids is 1. The van der Waals surface area contributed by atoms with Crippen LogP contribution in [0.3, 0.4) is 0 Å². The van der Waals surface area contributed by atoms with Gasteiger partial charge in [0.2, 0.25) is 5.88 Å². The number of benzene rings is 1. The van der Waals surface area contributed by atoms with Gasteiger partial charge in [-0.3, -0.25) is 14.9 Å². The SMILES string of the molecule is COc1ccc(CN2C(=O)c3cc([N+](=O)[O-])cnc3OCC23CC3)c(OC)c1. The van der Waals surface area contributed by atoms with Crippen LogP contribution in [0.4, 0.5) is 5.69 Å². The first kappa shape index (κ1) is 18.0. The van der Waals surface area contributed by atoms with Crippen LogP contribution in [0.5, 0.6) is 17.4 Å². The Kier molecular flexibility index (Phi) is 4.29. The van der Waals surface area contributed by atoms with E-state index in [1.165, 1.54) is 6.07 Å². The highest BCUT2D eigenvalue weighted by Crippen LogP contribution is 2.46. The largest absolute Gasteiger partial charge is 0.497 e. The normalized spacial score (nSPS) is 16.8. The molecule has 9 nitrogen and oxygen atoms in total. The Morgan fingerprint density at radius 3 is 2.71 bits per heavy atom. The predicted molar refractivity (Wildman–Crippen MR) is 97.8 cm³/mol. The zero-order chi connectivity index (χ0) is 19.9. The molecule has 0 N–H and O–H groups in total. The molecule has 0 radical (unpaired) electrons. The summed E-state index contributed by atoms with van der Waals surface area (Å²) in [5.74, 6) is 1.05. The van der Waals surface area contributed by atoms with Crippen molar-refractivity contribution in [3.63, 3.8) is 0 Å². The lowest BCUT2D eigenvalue weighted by Crippen LogP contribution is -2.43. The van der Waals surface area contributed by atoms with Crippen LogP contribution in [0, 0.1) is 10.1 Å². The molecule has 0 atom stereocenters. The summed E-state index contributed by atoms with van der Waals surface area (Å²) in [6, 6.07) is 6.63. The zero-order valence-corrected chi connectivity index (χ0v) is 15.5. The van der Waals surface area contributed by atoms with Crippen molar-refractivity contribution in [3.05, 3.63) is 51.7 Å². The van der Waals surface area contributed by atoms with Gasteiger partial charge in [0, 0.05) is 17.7 Å². The fourth-order valence-corrected chi connectivity index (χ4v) is 3.40. The number of fused-ring (bicyclic) bond motifs is 1. The number of pyridine rings is 1. The molecule has 1 aliphatic carbocycles. The van der Waals surface area contributed by atoms with E-state index in [4.69, 9.17) is 14.2 Å². The molecule has 1 spiro atoms. The number of hydrogen-bond donors (Lipinski definition) is 0. The highest BCUT2D eigenvalue weighted by atomic mass is 16.6. The third-order valence-corrected chi connectivity index (χ3v) is 5.22. The number of ether oxygens (including phenoxy) is 3. The molecule has 9 heteroatoms. The van der Waals surface area contributed by atoms with Crippen molar-refractivity contribution in [3.8, 4) is 17.4 Å². The number of rotatable bonds is 5. The second-order valence-electron chi connectivity index (χ2n) is 6.89. The van der Waals surface area contributed by atoms with Crippen molar-refractivity contribution < 1.29 is 23.9 Å². The Hall–Kier alpha value is -3.36. The second kappa shape index (κ2) is 6.66. The average Bonchev–Trinajstić information content (AvgIpc) is 3.51. The van der Waals surface area contributed by atoms with E-state index in [0.717, 1.165) is 24.6 Å². The molecular formula is C19H19N3O6. The first-order chi connectivity index (χ1) is 13.5. The molecule has 0 bridgehead atoms. The zero-order valence-electron chi connectivity index (χ0n) is 15.5. The molecule has 1 aromatic carbocycles. The molecule has 1 fully saturated rings. The molecule has 1 aromatic heterocycles. The number of aromatic nitrogens is 1. The topological polar surface area (TPSA) is 104 Å². The van der Waals surface area contributed by atoms with Crippen LogP contribution in [0.15, 0.2) is 30.5 Å². The summed E-state index contributed by atoms with van der Waals surface area (Å²) in [7, 11) is 3.13. The quantitative estimate of drug-likeness (QED) is 0.575. The number of hydrogen-bond acceptors (Lipinski definition) is 7. The van der Waals surface area contributed by atoms with E-state index in [-0.39, 0.29) is 29.6 Å². The van der Waals surface area contributed by atoms with E-state index < -0.39 is 10.5 Å². The molecule has 0 unspecified atom stereocenters.